The molecular formula is C21H27N2O3+. The highest BCUT2D eigenvalue weighted by Gasteiger charge is 2.51. The summed E-state index contributed by atoms with van der Waals surface area (Å²) in [5.41, 5.74) is 4.03. The van der Waals surface area contributed by atoms with Crippen molar-refractivity contribution in [3.8, 4) is 0 Å². The quantitative estimate of drug-likeness (QED) is 0.674. The van der Waals surface area contributed by atoms with E-state index in [0.29, 0.717) is 12.0 Å². The summed E-state index contributed by atoms with van der Waals surface area (Å²) in [7, 11) is 1.44. The third kappa shape index (κ3) is 2.33. The summed E-state index contributed by atoms with van der Waals surface area (Å²) < 4.78 is 5.05. The molecule has 26 heavy (non-hydrogen) atoms. The second kappa shape index (κ2) is 6.10. The van der Waals surface area contributed by atoms with Gasteiger partial charge in [0.15, 0.2) is 0 Å². The number of hydrogen-bond donors (Lipinski definition) is 3. The molecule has 1 unspecified atom stereocenters. The minimum atomic E-state index is -0.559. The Morgan fingerprint density at radius 1 is 1.31 bits per heavy atom. The number of piperidine rings is 1. The van der Waals surface area contributed by atoms with Gasteiger partial charge in [-0.2, -0.15) is 0 Å². The van der Waals surface area contributed by atoms with Crippen LogP contribution >= 0.6 is 0 Å². The van der Waals surface area contributed by atoms with E-state index < -0.39 is 6.10 Å². The van der Waals surface area contributed by atoms with E-state index in [2.05, 4.69) is 29.2 Å². The van der Waals surface area contributed by atoms with E-state index in [0.717, 1.165) is 38.8 Å². The van der Waals surface area contributed by atoms with E-state index in [9.17, 15) is 9.90 Å². The van der Waals surface area contributed by atoms with Crippen LogP contribution in [0.15, 0.2) is 24.3 Å². The molecule has 5 rings (SSSR count). The van der Waals surface area contributed by atoms with Gasteiger partial charge in [-0.05, 0) is 30.4 Å². The molecule has 0 spiro atoms. The predicted molar refractivity (Wildman–Crippen MR) is 97.8 cm³/mol. The maximum absolute atomic E-state index is 12.4. The second-order valence-electron chi connectivity index (χ2n) is 8.33. The molecule has 1 aliphatic carbocycles. The van der Waals surface area contributed by atoms with Gasteiger partial charge in [-0.15, -0.1) is 0 Å². The number of aromatic nitrogens is 1. The van der Waals surface area contributed by atoms with Crippen LogP contribution in [0.1, 0.15) is 36.6 Å². The zero-order chi connectivity index (χ0) is 17.8. The minimum absolute atomic E-state index is 0.220. The van der Waals surface area contributed by atoms with Gasteiger partial charge in [-0.1, -0.05) is 18.2 Å². The van der Waals surface area contributed by atoms with Crippen molar-refractivity contribution >= 4 is 16.9 Å². The van der Waals surface area contributed by atoms with Crippen LogP contribution in [-0.4, -0.2) is 42.4 Å². The summed E-state index contributed by atoms with van der Waals surface area (Å²) in [4.78, 5) is 17.7. The number of carbonyl (C=O) groups is 1. The zero-order valence-corrected chi connectivity index (χ0v) is 15.2. The highest BCUT2D eigenvalue weighted by Crippen LogP contribution is 2.43. The Morgan fingerprint density at radius 3 is 3.00 bits per heavy atom. The number of quaternary nitrogens is 1. The normalized spacial score (nSPS) is 36.1. The Kier molecular flexibility index (Phi) is 3.83. The Balaban J connectivity index is 1.52. The molecule has 2 aliphatic heterocycles. The molecule has 2 aromatic rings. The van der Waals surface area contributed by atoms with Crippen molar-refractivity contribution in [2.45, 2.75) is 37.8 Å². The van der Waals surface area contributed by atoms with Gasteiger partial charge in [0.1, 0.15) is 6.04 Å². The van der Waals surface area contributed by atoms with Crippen LogP contribution in [0.4, 0.5) is 0 Å². The first kappa shape index (κ1) is 16.3. The fourth-order valence-electron chi connectivity index (χ4n) is 6.01. The van der Waals surface area contributed by atoms with Crippen LogP contribution in [0.2, 0.25) is 0 Å². The number of methoxy groups -OCH3 is 1. The summed E-state index contributed by atoms with van der Waals surface area (Å²) in [6, 6.07) is 8.95. The van der Waals surface area contributed by atoms with Crippen molar-refractivity contribution in [1.29, 1.82) is 0 Å². The minimum Gasteiger partial charge on any atom is -0.469 e. The third-order valence-electron chi connectivity index (χ3n) is 7.20. The summed E-state index contributed by atoms with van der Waals surface area (Å²) in [5.74, 6) is 0.135. The molecular weight excluding hydrogens is 328 g/mol. The van der Waals surface area contributed by atoms with Crippen molar-refractivity contribution in [2.24, 2.45) is 17.8 Å². The lowest BCUT2D eigenvalue weighted by Crippen LogP contribution is -3.15. The number of ether oxygens (including phenoxy) is 1. The lowest BCUT2D eigenvalue weighted by atomic mass is 9.65. The molecule has 1 aromatic carbocycles. The SMILES string of the molecule is COC(=O)[C@H]1[C@H]2C[C@H]3c4[nH]c5ccccc5c4CC[NH+]3C[C@H]2CC[C@@H]1O. The maximum Gasteiger partial charge on any atom is 0.311 e. The monoisotopic (exact) mass is 355 g/mol. The molecule has 3 aliphatic rings. The average Bonchev–Trinajstić information content (AvgIpc) is 3.05. The van der Waals surface area contributed by atoms with E-state index in [-0.39, 0.29) is 17.8 Å². The molecule has 3 N–H and O–H groups in total. The number of aliphatic hydroxyl groups is 1. The first-order valence-corrected chi connectivity index (χ1v) is 9.87. The highest BCUT2D eigenvalue weighted by atomic mass is 16.5. The number of aliphatic hydroxyl groups excluding tert-OH is 1. The number of esters is 1. The molecule has 0 amide bonds. The number of para-hydroxylation sites is 1. The Hall–Kier alpha value is -1.85. The lowest BCUT2D eigenvalue weighted by molar-refractivity contribution is -0.945. The first-order chi connectivity index (χ1) is 12.7. The van der Waals surface area contributed by atoms with Gasteiger partial charge in [0.25, 0.3) is 0 Å². The van der Waals surface area contributed by atoms with Gasteiger partial charge in [-0.25, -0.2) is 0 Å². The van der Waals surface area contributed by atoms with E-state index in [1.54, 1.807) is 4.90 Å². The summed E-state index contributed by atoms with van der Waals surface area (Å²) in [6.45, 7) is 2.26. The number of carbonyl (C=O) groups excluding carboxylic acids is 1. The smallest absolute Gasteiger partial charge is 0.311 e. The molecule has 3 heterocycles. The molecule has 1 aromatic heterocycles. The maximum atomic E-state index is 12.4. The van der Waals surface area contributed by atoms with E-state index in [4.69, 9.17) is 4.74 Å². The number of fused-ring (bicyclic) bond motifs is 6. The standard InChI is InChI=1S/C21H26N2O3/c1-26-21(25)19-15-10-17-20-14(13-4-2-3-5-16(13)22-20)8-9-23(17)11-12(15)6-7-18(19)24/h2-5,12,15,17-19,22,24H,6-11H2,1H3/p+1/t12-,15+,17+,18+,19+/m1/s1. The molecule has 1 saturated heterocycles. The lowest BCUT2D eigenvalue weighted by Gasteiger charge is -2.48. The van der Waals surface area contributed by atoms with Crippen molar-refractivity contribution in [2.75, 3.05) is 20.2 Å². The van der Waals surface area contributed by atoms with Crippen LogP contribution in [0.3, 0.4) is 0 Å². The largest absolute Gasteiger partial charge is 0.469 e. The number of benzene rings is 1. The van der Waals surface area contributed by atoms with Crippen LogP contribution in [0.5, 0.6) is 0 Å². The molecule has 5 heteroatoms. The summed E-state index contributed by atoms with van der Waals surface area (Å²) in [5, 5.41) is 11.8. The van der Waals surface area contributed by atoms with Gasteiger partial charge in [0.05, 0.1) is 37.9 Å². The van der Waals surface area contributed by atoms with Crippen LogP contribution in [0.25, 0.3) is 10.9 Å². The average molecular weight is 355 g/mol. The number of rotatable bonds is 1. The highest BCUT2D eigenvalue weighted by molar-refractivity contribution is 5.85. The van der Waals surface area contributed by atoms with Crippen LogP contribution < -0.4 is 4.90 Å². The van der Waals surface area contributed by atoms with E-state index >= 15 is 0 Å². The molecule has 1 saturated carbocycles. The molecule has 6 atom stereocenters. The van der Waals surface area contributed by atoms with Crippen molar-refractivity contribution in [3.05, 3.63) is 35.5 Å². The third-order valence-corrected chi connectivity index (χ3v) is 7.20. The molecule has 5 nitrogen and oxygen atoms in total. The number of aromatic amines is 1. The zero-order valence-electron chi connectivity index (χ0n) is 15.2. The topological polar surface area (TPSA) is 66.8 Å². The fraction of sp³-hybridized carbons (Fsp3) is 0.571. The first-order valence-electron chi connectivity index (χ1n) is 9.87. The Bertz CT molecular complexity index is 845. The fourth-order valence-corrected chi connectivity index (χ4v) is 6.01. The van der Waals surface area contributed by atoms with Gasteiger partial charge < -0.3 is 19.7 Å². The van der Waals surface area contributed by atoms with Gasteiger partial charge in [0.2, 0.25) is 0 Å². The van der Waals surface area contributed by atoms with Crippen molar-refractivity contribution in [3.63, 3.8) is 0 Å². The van der Waals surface area contributed by atoms with E-state index in [1.165, 1.54) is 29.3 Å². The number of hydrogen-bond acceptors (Lipinski definition) is 3. The molecule has 0 radical (unpaired) electrons. The second-order valence-corrected chi connectivity index (χ2v) is 8.33. The van der Waals surface area contributed by atoms with Gasteiger partial charge in [0, 0.05) is 29.7 Å². The van der Waals surface area contributed by atoms with Crippen LogP contribution in [0, 0.1) is 17.8 Å². The summed E-state index contributed by atoms with van der Waals surface area (Å²) >= 11 is 0. The van der Waals surface area contributed by atoms with Gasteiger partial charge >= 0.3 is 5.97 Å². The van der Waals surface area contributed by atoms with Gasteiger partial charge in [-0.3, -0.25) is 4.79 Å². The molecule has 138 valence electrons. The number of nitrogens with one attached hydrogen (secondary N) is 2. The van der Waals surface area contributed by atoms with Crippen molar-refractivity contribution in [1.82, 2.24) is 4.98 Å². The molecule has 2 fully saturated rings. The Labute approximate surface area is 153 Å². The van der Waals surface area contributed by atoms with E-state index in [1.807, 2.05) is 0 Å². The summed E-state index contributed by atoms with van der Waals surface area (Å²) in [6.07, 6.45) is 3.25. The Morgan fingerprint density at radius 2 is 2.15 bits per heavy atom. The number of H-pyrrole nitrogens is 1. The van der Waals surface area contributed by atoms with Crippen LogP contribution in [-0.2, 0) is 16.0 Å². The predicted octanol–water partition coefficient (Wildman–Crippen LogP) is 1.23. The molecule has 0 bridgehead atoms. The van der Waals surface area contributed by atoms with Crippen molar-refractivity contribution < 1.29 is 19.5 Å².